The molecule has 2 N–H and O–H groups in total. The number of ether oxygens (including phenoxy) is 1. The highest BCUT2D eigenvalue weighted by Crippen LogP contribution is 2.40. The average Bonchev–Trinajstić information content (AvgIpc) is 3.23. The molecular weight excluding hydrogens is 292 g/mol. The number of nitrogens with one attached hydrogen (secondary N) is 2. The fourth-order valence-corrected chi connectivity index (χ4v) is 4.00. The zero-order chi connectivity index (χ0) is 15.9. The quantitative estimate of drug-likeness (QED) is 0.900. The molecule has 1 spiro atoms. The third-order valence-electron chi connectivity index (χ3n) is 5.45. The lowest BCUT2D eigenvalue weighted by Gasteiger charge is -2.32. The van der Waals surface area contributed by atoms with E-state index in [1.807, 2.05) is 13.1 Å². The Hall–Kier alpha value is -1.56. The van der Waals surface area contributed by atoms with Crippen LogP contribution >= 0.6 is 0 Å². The third-order valence-corrected chi connectivity index (χ3v) is 5.45. The minimum atomic E-state index is -0.156. The first-order chi connectivity index (χ1) is 11.1. The Morgan fingerprint density at radius 2 is 2.13 bits per heavy atom. The van der Waals surface area contributed by atoms with Gasteiger partial charge in [0.1, 0.15) is 5.82 Å². The molecule has 6 heteroatoms. The molecule has 2 heterocycles. The van der Waals surface area contributed by atoms with Gasteiger partial charge in [-0.05, 0) is 32.1 Å². The summed E-state index contributed by atoms with van der Waals surface area (Å²) in [5.41, 5.74) is 1.12. The molecule has 6 nitrogen and oxygen atoms in total. The van der Waals surface area contributed by atoms with Crippen molar-refractivity contribution in [1.82, 2.24) is 15.1 Å². The lowest BCUT2D eigenvalue weighted by atomic mass is 9.82. The van der Waals surface area contributed by atoms with Crippen molar-refractivity contribution in [2.45, 2.75) is 68.9 Å². The van der Waals surface area contributed by atoms with Crippen molar-refractivity contribution in [2.24, 2.45) is 7.05 Å². The zero-order valence-electron chi connectivity index (χ0n) is 13.8. The maximum atomic E-state index is 12.3. The van der Waals surface area contributed by atoms with Crippen LogP contribution in [-0.2, 0) is 11.8 Å². The number of amides is 2. The lowest BCUT2D eigenvalue weighted by molar-refractivity contribution is -0.0245. The minimum absolute atomic E-state index is 0.0296. The number of hydrogen-bond donors (Lipinski definition) is 2. The maximum absolute atomic E-state index is 12.3. The summed E-state index contributed by atoms with van der Waals surface area (Å²) in [7, 11) is 1.87. The molecule has 126 valence electrons. The van der Waals surface area contributed by atoms with Crippen LogP contribution in [0.1, 0.15) is 63.0 Å². The van der Waals surface area contributed by atoms with E-state index >= 15 is 0 Å². The van der Waals surface area contributed by atoms with Gasteiger partial charge in [-0.2, -0.15) is 5.10 Å². The molecule has 4 rings (SSSR count). The van der Waals surface area contributed by atoms with Gasteiger partial charge in [0.25, 0.3) is 0 Å². The minimum Gasteiger partial charge on any atom is -0.373 e. The Morgan fingerprint density at radius 3 is 2.87 bits per heavy atom. The number of urea groups is 1. The van der Waals surface area contributed by atoms with Crippen molar-refractivity contribution >= 4 is 11.8 Å². The van der Waals surface area contributed by atoms with Gasteiger partial charge >= 0.3 is 6.03 Å². The van der Waals surface area contributed by atoms with Crippen LogP contribution in [0.2, 0.25) is 0 Å². The van der Waals surface area contributed by atoms with E-state index in [0.717, 1.165) is 30.8 Å². The Balaban J connectivity index is 1.32. The SMILES string of the molecule is Cn1nc(C2CC2)cc1NC(=O)NC1COC2(CCCCC2)C1. The fourth-order valence-electron chi connectivity index (χ4n) is 4.00. The number of rotatable bonds is 3. The molecular formula is C17H26N4O2. The van der Waals surface area contributed by atoms with Crippen LogP contribution in [-0.4, -0.2) is 34.1 Å². The van der Waals surface area contributed by atoms with E-state index in [1.54, 1.807) is 4.68 Å². The fraction of sp³-hybridized carbons (Fsp3) is 0.765. The predicted molar refractivity (Wildman–Crippen MR) is 87.5 cm³/mol. The molecule has 1 atom stereocenters. The second-order valence-corrected chi connectivity index (χ2v) is 7.41. The summed E-state index contributed by atoms with van der Waals surface area (Å²) in [4.78, 5) is 12.3. The van der Waals surface area contributed by atoms with Gasteiger partial charge in [0.2, 0.25) is 0 Å². The van der Waals surface area contributed by atoms with Crippen LogP contribution in [0.3, 0.4) is 0 Å². The van der Waals surface area contributed by atoms with Crippen LogP contribution in [0.25, 0.3) is 0 Å². The second-order valence-electron chi connectivity index (χ2n) is 7.41. The van der Waals surface area contributed by atoms with Crippen molar-refractivity contribution in [2.75, 3.05) is 11.9 Å². The predicted octanol–water partition coefficient (Wildman–Crippen LogP) is 2.91. The average molecular weight is 318 g/mol. The van der Waals surface area contributed by atoms with Crippen molar-refractivity contribution in [3.63, 3.8) is 0 Å². The topological polar surface area (TPSA) is 68.2 Å². The van der Waals surface area contributed by atoms with Crippen molar-refractivity contribution in [3.8, 4) is 0 Å². The molecule has 2 amide bonds. The molecule has 0 aromatic carbocycles. The summed E-state index contributed by atoms with van der Waals surface area (Å²) in [5, 5.41) is 10.5. The normalized spacial score (nSPS) is 26.4. The van der Waals surface area contributed by atoms with Gasteiger partial charge in [-0.15, -0.1) is 0 Å². The van der Waals surface area contributed by atoms with Gasteiger partial charge in [0.05, 0.1) is 23.9 Å². The summed E-state index contributed by atoms with van der Waals surface area (Å²) in [5.74, 6) is 1.35. The number of hydrogen-bond acceptors (Lipinski definition) is 3. The Kier molecular flexibility index (Phi) is 3.79. The Morgan fingerprint density at radius 1 is 1.35 bits per heavy atom. The van der Waals surface area contributed by atoms with Gasteiger partial charge in [-0.25, -0.2) is 4.79 Å². The van der Waals surface area contributed by atoms with E-state index in [9.17, 15) is 4.79 Å². The molecule has 1 saturated heterocycles. The van der Waals surface area contributed by atoms with Crippen LogP contribution in [0.5, 0.6) is 0 Å². The van der Waals surface area contributed by atoms with Crippen molar-refractivity contribution in [1.29, 1.82) is 0 Å². The van der Waals surface area contributed by atoms with Crippen molar-refractivity contribution < 1.29 is 9.53 Å². The van der Waals surface area contributed by atoms with E-state index in [1.165, 1.54) is 32.1 Å². The van der Waals surface area contributed by atoms with Gasteiger partial charge in [-0.3, -0.25) is 10.00 Å². The van der Waals surface area contributed by atoms with E-state index in [-0.39, 0.29) is 17.7 Å². The molecule has 0 radical (unpaired) electrons. The van der Waals surface area contributed by atoms with Gasteiger partial charge < -0.3 is 10.1 Å². The monoisotopic (exact) mass is 318 g/mol. The first-order valence-electron chi connectivity index (χ1n) is 8.89. The summed E-state index contributed by atoms with van der Waals surface area (Å²) < 4.78 is 7.80. The summed E-state index contributed by atoms with van der Waals surface area (Å²) in [6, 6.07) is 1.95. The number of nitrogens with zero attached hydrogens (tertiary/aromatic N) is 2. The molecule has 1 unspecified atom stereocenters. The molecule has 1 aliphatic heterocycles. The number of anilines is 1. The van der Waals surface area contributed by atoms with Crippen LogP contribution in [0.15, 0.2) is 6.07 Å². The number of aromatic nitrogens is 2. The molecule has 0 bridgehead atoms. The highest BCUT2D eigenvalue weighted by atomic mass is 16.5. The molecule has 1 aromatic heterocycles. The zero-order valence-corrected chi connectivity index (χ0v) is 13.8. The maximum Gasteiger partial charge on any atom is 0.320 e. The molecule has 1 aromatic rings. The smallest absolute Gasteiger partial charge is 0.320 e. The summed E-state index contributed by atoms with van der Waals surface area (Å²) in [6.45, 7) is 0.631. The summed E-state index contributed by atoms with van der Waals surface area (Å²) in [6.07, 6.45) is 9.45. The van der Waals surface area contributed by atoms with E-state index in [0.29, 0.717) is 12.5 Å². The first-order valence-corrected chi connectivity index (χ1v) is 8.89. The van der Waals surface area contributed by atoms with Crippen LogP contribution in [0, 0.1) is 0 Å². The molecule has 23 heavy (non-hydrogen) atoms. The number of aryl methyl sites for hydroxylation is 1. The largest absolute Gasteiger partial charge is 0.373 e. The summed E-state index contributed by atoms with van der Waals surface area (Å²) >= 11 is 0. The first kappa shape index (κ1) is 15.0. The lowest BCUT2D eigenvalue weighted by Crippen LogP contribution is -2.40. The van der Waals surface area contributed by atoms with E-state index in [4.69, 9.17) is 4.74 Å². The van der Waals surface area contributed by atoms with E-state index in [2.05, 4.69) is 15.7 Å². The number of carbonyl (C=O) groups is 1. The van der Waals surface area contributed by atoms with Crippen molar-refractivity contribution in [3.05, 3.63) is 11.8 Å². The highest BCUT2D eigenvalue weighted by molar-refractivity contribution is 5.88. The van der Waals surface area contributed by atoms with Gasteiger partial charge in [-0.1, -0.05) is 19.3 Å². The van der Waals surface area contributed by atoms with Gasteiger partial charge in [0.15, 0.2) is 0 Å². The van der Waals surface area contributed by atoms with Crippen LogP contribution < -0.4 is 10.6 Å². The molecule has 3 fully saturated rings. The molecule has 2 aliphatic carbocycles. The third kappa shape index (κ3) is 3.22. The van der Waals surface area contributed by atoms with E-state index < -0.39 is 0 Å². The molecule has 2 saturated carbocycles. The second kappa shape index (κ2) is 5.82. The standard InChI is InChI=1S/C17H26N4O2/c1-21-15(9-14(20-21)12-5-6-12)19-16(22)18-13-10-17(23-11-13)7-3-2-4-8-17/h9,12-13H,2-8,10-11H2,1H3,(H2,18,19,22). The molecule has 3 aliphatic rings. The van der Waals surface area contributed by atoms with Gasteiger partial charge in [0, 0.05) is 19.0 Å². The Bertz CT molecular complexity index is 587. The number of carbonyl (C=O) groups excluding carboxylic acids is 1. The highest BCUT2D eigenvalue weighted by Gasteiger charge is 2.41. The van der Waals surface area contributed by atoms with Crippen LogP contribution in [0.4, 0.5) is 10.6 Å². The Labute approximate surface area is 137 Å².